The van der Waals surface area contributed by atoms with Crippen LogP contribution in [-0.2, 0) is 14.8 Å². The third kappa shape index (κ3) is 4.14. The van der Waals surface area contributed by atoms with E-state index in [1.165, 1.54) is 18.2 Å². The van der Waals surface area contributed by atoms with Crippen molar-refractivity contribution >= 4 is 27.0 Å². The minimum Gasteiger partial charge on any atom is -0.480 e. The number of sulfonamides is 1. The number of aliphatic carboxylic acids is 1. The van der Waals surface area contributed by atoms with Gasteiger partial charge in [0.25, 0.3) is 5.56 Å². The normalized spacial score (nSPS) is 13.1. The molecule has 1 atom stereocenters. The first-order valence-corrected chi connectivity index (χ1v) is 8.56. The van der Waals surface area contributed by atoms with E-state index in [1.54, 1.807) is 0 Å². The molecule has 3 N–H and O–H groups in total. The van der Waals surface area contributed by atoms with Gasteiger partial charge >= 0.3 is 5.97 Å². The topological polar surface area (TPSA) is 129 Å². The van der Waals surface area contributed by atoms with Gasteiger partial charge in [-0.05, 0) is 24.6 Å². The molecule has 8 nitrogen and oxygen atoms in total. The van der Waals surface area contributed by atoms with Gasteiger partial charge in [-0.2, -0.15) is 4.72 Å². The molecule has 0 unspecified atom stereocenters. The second-order valence-corrected chi connectivity index (χ2v) is 6.79. The Morgan fingerprint density at radius 1 is 1.43 bits per heavy atom. The maximum Gasteiger partial charge on any atom is 0.321 e. The zero-order valence-corrected chi connectivity index (χ0v) is 13.3. The lowest BCUT2D eigenvalue weighted by Gasteiger charge is -2.14. The van der Waals surface area contributed by atoms with E-state index in [0.717, 1.165) is 12.6 Å². The van der Waals surface area contributed by atoms with Crippen LogP contribution in [0.25, 0.3) is 11.0 Å². The van der Waals surface area contributed by atoms with Crippen LogP contribution in [0.4, 0.5) is 0 Å². The summed E-state index contributed by atoms with van der Waals surface area (Å²) in [7, 11) is -4.00. The molecule has 1 heterocycles. The van der Waals surface area contributed by atoms with E-state index in [4.69, 9.17) is 5.11 Å². The highest BCUT2D eigenvalue weighted by atomic mass is 32.2. The Kier molecular flexibility index (Phi) is 5.12. The smallest absolute Gasteiger partial charge is 0.321 e. The first-order valence-electron chi connectivity index (χ1n) is 7.07. The molecule has 0 aliphatic rings. The third-order valence-electron chi connectivity index (χ3n) is 3.30. The number of nitrogens with one attached hydrogen (secondary N) is 2. The van der Waals surface area contributed by atoms with Crippen molar-refractivity contribution in [2.24, 2.45) is 0 Å². The molecule has 0 bridgehead atoms. The van der Waals surface area contributed by atoms with Crippen molar-refractivity contribution in [3.8, 4) is 0 Å². The van der Waals surface area contributed by atoms with E-state index in [1.807, 2.05) is 6.92 Å². The molecule has 124 valence electrons. The second-order valence-electron chi connectivity index (χ2n) is 5.08. The molecule has 0 aliphatic heterocycles. The number of H-pyrrole nitrogens is 1. The Morgan fingerprint density at radius 3 is 2.83 bits per heavy atom. The standard InChI is InChI=1S/C14H17N3O5S/c1-2-3-4-11(14(19)20)17-23(21,22)9-5-6-10-12(7-9)15-8-13(18)16-10/h5-8,11,17H,2-4H2,1H3,(H,16,18)(H,19,20)/t11-/m0/s1. The lowest BCUT2D eigenvalue weighted by Crippen LogP contribution is -2.40. The van der Waals surface area contributed by atoms with Gasteiger partial charge < -0.3 is 10.1 Å². The van der Waals surface area contributed by atoms with Gasteiger partial charge in [0.2, 0.25) is 10.0 Å². The van der Waals surface area contributed by atoms with Gasteiger partial charge in [-0.15, -0.1) is 0 Å². The van der Waals surface area contributed by atoms with Crippen LogP contribution in [0.5, 0.6) is 0 Å². The number of carboxylic acid groups (broad SMARTS) is 1. The number of benzene rings is 1. The van der Waals surface area contributed by atoms with Crippen LogP contribution in [0.3, 0.4) is 0 Å². The minimum absolute atomic E-state index is 0.104. The number of aromatic amines is 1. The molecular weight excluding hydrogens is 322 g/mol. The van der Waals surface area contributed by atoms with Gasteiger partial charge in [-0.3, -0.25) is 9.59 Å². The van der Waals surface area contributed by atoms with E-state index in [2.05, 4.69) is 14.7 Å². The summed E-state index contributed by atoms with van der Waals surface area (Å²) in [6.07, 6.45) is 2.62. The van der Waals surface area contributed by atoms with Crippen LogP contribution in [0.1, 0.15) is 26.2 Å². The predicted molar refractivity (Wildman–Crippen MR) is 83.6 cm³/mol. The Balaban J connectivity index is 2.32. The van der Waals surface area contributed by atoms with Crippen molar-refractivity contribution < 1.29 is 18.3 Å². The van der Waals surface area contributed by atoms with Crippen LogP contribution in [0, 0.1) is 0 Å². The molecule has 0 aliphatic carbocycles. The van der Waals surface area contributed by atoms with Crippen molar-refractivity contribution in [1.82, 2.24) is 14.7 Å². The number of hydrogen-bond acceptors (Lipinski definition) is 5. The number of aromatic nitrogens is 2. The summed E-state index contributed by atoms with van der Waals surface area (Å²) in [6.45, 7) is 1.89. The van der Waals surface area contributed by atoms with Gasteiger partial charge in [0.1, 0.15) is 6.04 Å². The van der Waals surface area contributed by atoms with Gasteiger partial charge in [0.05, 0.1) is 22.1 Å². The van der Waals surface area contributed by atoms with Crippen molar-refractivity contribution in [3.05, 3.63) is 34.7 Å². The summed E-state index contributed by atoms with van der Waals surface area (Å²) in [4.78, 5) is 28.6. The van der Waals surface area contributed by atoms with Crippen LogP contribution in [0.2, 0.25) is 0 Å². The van der Waals surface area contributed by atoms with Gasteiger partial charge in [0.15, 0.2) is 0 Å². The van der Waals surface area contributed by atoms with E-state index in [9.17, 15) is 18.0 Å². The summed E-state index contributed by atoms with van der Waals surface area (Å²) < 4.78 is 26.9. The molecule has 0 saturated heterocycles. The lowest BCUT2D eigenvalue weighted by atomic mass is 10.1. The number of nitrogens with zero attached hydrogens (tertiary/aromatic N) is 1. The molecule has 0 radical (unpaired) electrons. The minimum atomic E-state index is -4.00. The second kappa shape index (κ2) is 6.88. The Morgan fingerprint density at radius 2 is 2.17 bits per heavy atom. The fourth-order valence-corrected chi connectivity index (χ4v) is 3.32. The molecule has 0 fully saturated rings. The number of carboxylic acids is 1. The molecule has 0 saturated carbocycles. The highest BCUT2D eigenvalue weighted by molar-refractivity contribution is 7.89. The van der Waals surface area contributed by atoms with E-state index in [-0.39, 0.29) is 11.3 Å². The summed E-state index contributed by atoms with van der Waals surface area (Å²) in [5, 5.41) is 9.13. The van der Waals surface area contributed by atoms with Crippen LogP contribution in [-0.4, -0.2) is 35.5 Å². The van der Waals surface area contributed by atoms with Crippen molar-refractivity contribution in [1.29, 1.82) is 0 Å². The maximum atomic E-state index is 12.3. The van der Waals surface area contributed by atoms with Crippen LogP contribution in [0.15, 0.2) is 34.1 Å². The Bertz CT molecular complexity index is 875. The van der Waals surface area contributed by atoms with E-state index in [0.29, 0.717) is 17.5 Å². The molecule has 1 aromatic heterocycles. The molecule has 23 heavy (non-hydrogen) atoms. The first kappa shape index (κ1) is 17.1. The summed E-state index contributed by atoms with van der Waals surface area (Å²) in [5.74, 6) is -1.22. The number of hydrogen-bond donors (Lipinski definition) is 3. The molecular formula is C14H17N3O5S. The zero-order valence-electron chi connectivity index (χ0n) is 12.4. The fourth-order valence-electron chi connectivity index (χ4n) is 2.08. The van der Waals surface area contributed by atoms with Crippen molar-refractivity contribution in [2.75, 3.05) is 0 Å². The van der Waals surface area contributed by atoms with Crippen LogP contribution >= 0.6 is 0 Å². The van der Waals surface area contributed by atoms with Crippen LogP contribution < -0.4 is 10.3 Å². The fraction of sp³-hybridized carbons (Fsp3) is 0.357. The SMILES string of the molecule is CCCC[C@H](NS(=O)(=O)c1ccc2[nH]c(=O)cnc2c1)C(=O)O. The molecule has 0 amide bonds. The molecule has 2 aromatic rings. The summed E-state index contributed by atoms with van der Waals surface area (Å²) >= 11 is 0. The summed E-state index contributed by atoms with van der Waals surface area (Å²) in [6, 6.07) is 2.81. The highest BCUT2D eigenvalue weighted by Gasteiger charge is 2.25. The molecule has 1 aromatic carbocycles. The Hall–Kier alpha value is -2.26. The monoisotopic (exact) mass is 339 g/mol. The highest BCUT2D eigenvalue weighted by Crippen LogP contribution is 2.16. The average molecular weight is 339 g/mol. The Labute approximate surface area is 132 Å². The maximum absolute atomic E-state index is 12.3. The number of unbranched alkanes of at least 4 members (excludes halogenated alkanes) is 1. The molecule has 0 spiro atoms. The summed E-state index contributed by atoms with van der Waals surface area (Å²) in [5.41, 5.74) is 0.307. The van der Waals surface area contributed by atoms with E-state index >= 15 is 0 Å². The molecule has 9 heteroatoms. The number of rotatable bonds is 7. The van der Waals surface area contributed by atoms with Gasteiger partial charge in [0, 0.05) is 0 Å². The first-order chi connectivity index (χ1) is 10.8. The van der Waals surface area contributed by atoms with Gasteiger partial charge in [-0.1, -0.05) is 19.8 Å². The molecule has 2 rings (SSSR count). The van der Waals surface area contributed by atoms with E-state index < -0.39 is 27.6 Å². The number of carbonyl (C=O) groups is 1. The van der Waals surface area contributed by atoms with Gasteiger partial charge in [-0.25, -0.2) is 13.4 Å². The predicted octanol–water partition coefficient (Wildman–Crippen LogP) is 0.845. The van der Waals surface area contributed by atoms with Crippen molar-refractivity contribution in [2.45, 2.75) is 37.1 Å². The number of fused-ring (bicyclic) bond motifs is 1. The average Bonchev–Trinajstić information content (AvgIpc) is 2.50. The quantitative estimate of drug-likeness (QED) is 0.685. The van der Waals surface area contributed by atoms with Crippen molar-refractivity contribution in [3.63, 3.8) is 0 Å². The zero-order chi connectivity index (χ0) is 17.0. The lowest BCUT2D eigenvalue weighted by molar-refractivity contribution is -0.139. The largest absolute Gasteiger partial charge is 0.480 e. The third-order valence-corrected chi connectivity index (χ3v) is 4.77.